The van der Waals surface area contributed by atoms with E-state index in [0.29, 0.717) is 15.7 Å². The van der Waals surface area contributed by atoms with Gasteiger partial charge in [0.15, 0.2) is 11.6 Å². The van der Waals surface area contributed by atoms with Crippen LogP contribution in [0.15, 0.2) is 29.0 Å². The van der Waals surface area contributed by atoms with Crippen LogP contribution in [0.2, 0.25) is 0 Å². The predicted octanol–water partition coefficient (Wildman–Crippen LogP) is 2.64. The van der Waals surface area contributed by atoms with Crippen molar-refractivity contribution >= 4 is 21.7 Å². The highest BCUT2D eigenvalue weighted by atomic mass is 79.9. The molecule has 0 bridgehead atoms. The number of halogens is 2. The van der Waals surface area contributed by atoms with Crippen LogP contribution in [0.5, 0.6) is 5.75 Å². The zero-order valence-electron chi connectivity index (χ0n) is 8.95. The van der Waals surface area contributed by atoms with Crippen molar-refractivity contribution in [3.8, 4) is 17.0 Å². The van der Waals surface area contributed by atoms with E-state index in [-0.39, 0.29) is 11.6 Å². The summed E-state index contributed by atoms with van der Waals surface area (Å²) in [7, 11) is 1.44. The van der Waals surface area contributed by atoms with Crippen molar-refractivity contribution in [2.45, 2.75) is 0 Å². The number of ether oxygens (including phenoxy) is 1. The van der Waals surface area contributed by atoms with Crippen LogP contribution in [-0.2, 0) is 0 Å². The van der Waals surface area contributed by atoms with E-state index in [4.69, 9.17) is 10.5 Å². The van der Waals surface area contributed by atoms with E-state index in [2.05, 4.69) is 25.9 Å². The molecule has 0 aliphatic carbocycles. The van der Waals surface area contributed by atoms with Gasteiger partial charge in [0, 0.05) is 5.56 Å². The first-order valence-electron chi connectivity index (χ1n) is 4.74. The van der Waals surface area contributed by atoms with E-state index in [1.807, 2.05) is 0 Å². The fourth-order valence-electron chi connectivity index (χ4n) is 1.47. The third-order valence-electron chi connectivity index (χ3n) is 2.24. The van der Waals surface area contributed by atoms with Crippen LogP contribution in [-0.4, -0.2) is 17.1 Å². The van der Waals surface area contributed by atoms with Gasteiger partial charge in [0.1, 0.15) is 17.8 Å². The highest BCUT2D eigenvalue weighted by Crippen LogP contribution is 2.34. The molecule has 0 aliphatic heterocycles. The van der Waals surface area contributed by atoms with Crippen LogP contribution >= 0.6 is 15.9 Å². The van der Waals surface area contributed by atoms with E-state index in [1.165, 1.54) is 13.4 Å². The minimum Gasteiger partial charge on any atom is -0.491 e. The summed E-state index contributed by atoms with van der Waals surface area (Å²) in [6.07, 6.45) is 1.27. The Morgan fingerprint density at radius 2 is 2.12 bits per heavy atom. The molecule has 4 nitrogen and oxygen atoms in total. The second kappa shape index (κ2) is 4.67. The number of aromatic nitrogens is 2. The monoisotopic (exact) mass is 297 g/mol. The summed E-state index contributed by atoms with van der Waals surface area (Å²) in [6, 6.07) is 4.92. The molecule has 1 heterocycles. The molecule has 0 spiro atoms. The lowest BCUT2D eigenvalue weighted by Crippen LogP contribution is -2.00. The van der Waals surface area contributed by atoms with Crippen LogP contribution < -0.4 is 10.5 Å². The van der Waals surface area contributed by atoms with E-state index >= 15 is 0 Å². The molecular formula is C11H9BrFN3O. The summed E-state index contributed by atoms with van der Waals surface area (Å²) in [4.78, 5) is 7.80. The first-order chi connectivity index (χ1) is 8.15. The molecule has 88 valence electrons. The first-order valence-corrected chi connectivity index (χ1v) is 5.53. The fraction of sp³-hybridized carbons (Fsp3) is 0.0909. The smallest absolute Gasteiger partial charge is 0.187 e. The number of nitrogens with zero attached hydrogens (tertiary/aromatic N) is 2. The van der Waals surface area contributed by atoms with E-state index < -0.39 is 5.82 Å². The summed E-state index contributed by atoms with van der Waals surface area (Å²) >= 11 is 3.12. The molecule has 0 aliphatic rings. The van der Waals surface area contributed by atoms with Crippen molar-refractivity contribution in [2.24, 2.45) is 0 Å². The molecule has 0 saturated carbocycles. The van der Waals surface area contributed by atoms with Crippen molar-refractivity contribution in [3.63, 3.8) is 0 Å². The second-order valence-electron chi connectivity index (χ2n) is 3.24. The van der Waals surface area contributed by atoms with Gasteiger partial charge in [-0.3, -0.25) is 0 Å². The molecule has 17 heavy (non-hydrogen) atoms. The third-order valence-corrected chi connectivity index (χ3v) is 2.85. The summed E-state index contributed by atoms with van der Waals surface area (Å²) in [5.41, 5.74) is 6.29. The fourth-order valence-corrected chi connectivity index (χ4v) is 1.83. The van der Waals surface area contributed by atoms with Gasteiger partial charge < -0.3 is 10.5 Å². The van der Waals surface area contributed by atoms with Gasteiger partial charge in [-0.05, 0) is 28.1 Å². The second-order valence-corrected chi connectivity index (χ2v) is 4.10. The lowest BCUT2D eigenvalue weighted by atomic mass is 10.1. The standard InChI is InChI=1S/C11H9BrFN3O/c1-17-10-9(15-5-16-11(10)14)6-3-2-4-7(12)8(6)13/h2-5H,1H3,(H2,14,15,16). The Kier molecular flexibility index (Phi) is 3.23. The Morgan fingerprint density at radius 1 is 1.35 bits per heavy atom. The van der Waals surface area contributed by atoms with Gasteiger partial charge in [-0.25, -0.2) is 14.4 Å². The maximum Gasteiger partial charge on any atom is 0.187 e. The highest BCUT2D eigenvalue weighted by Gasteiger charge is 2.16. The number of rotatable bonds is 2. The van der Waals surface area contributed by atoms with Crippen molar-refractivity contribution in [2.75, 3.05) is 12.8 Å². The molecule has 1 aromatic carbocycles. The number of hydrogen-bond donors (Lipinski definition) is 1. The Morgan fingerprint density at radius 3 is 2.82 bits per heavy atom. The molecule has 2 rings (SSSR count). The molecule has 0 amide bonds. The molecule has 1 aromatic heterocycles. The third kappa shape index (κ3) is 2.08. The minimum atomic E-state index is -0.413. The van der Waals surface area contributed by atoms with Gasteiger partial charge in [0.05, 0.1) is 11.6 Å². The SMILES string of the molecule is COc1c(N)ncnc1-c1cccc(Br)c1F. The molecule has 0 unspecified atom stereocenters. The number of hydrogen-bond acceptors (Lipinski definition) is 4. The number of benzene rings is 1. The van der Waals surface area contributed by atoms with Crippen molar-refractivity contribution in [3.05, 3.63) is 34.8 Å². The van der Waals surface area contributed by atoms with Crippen LogP contribution in [0.1, 0.15) is 0 Å². The summed E-state index contributed by atoms with van der Waals surface area (Å²) in [6.45, 7) is 0. The Hall–Kier alpha value is -1.69. The molecule has 0 saturated heterocycles. The van der Waals surface area contributed by atoms with Crippen LogP contribution in [0.4, 0.5) is 10.2 Å². The van der Waals surface area contributed by atoms with Crippen LogP contribution in [0.25, 0.3) is 11.3 Å². The topological polar surface area (TPSA) is 61.0 Å². The normalized spacial score (nSPS) is 10.3. The number of anilines is 1. The number of nitrogen functional groups attached to an aromatic ring is 1. The van der Waals surface area contributed by atoms with Gasteiger partial charge in [0.25, 0.3) is 0 Å². The maximum absolute atomic E-state index is 13.9. The molecular weight excluding hydrogens is 289 g/mol. The maximum atomic E-state index is 13.9. The molecule has 2 N–H and O–H groups in total. The van der Waals surface area contributed by atoms with Gasteiger partial charge in [-0.15, -0.1) is 0 Å². The molecule has 6 heteroatoms. The number of methoxy groups -OCH3 is 1. The predicted molar refractivity (Wildman–Crippen MR) is 66.1 cm³/mol. The zero-order valence-corrected chi connectivity index (χ0v) is 10.5. The van der Waals surface area contributed by atoms with Crippen molar-refractivity contribution < 1.29 is 9.13 Å². The van der Waals surface area contributed by atoms with Gasteiger partial charge >= 0.3 is 0 Å². The quantitative estimate of drug-likeness (QED) is 0.926. The van der Waals surface area contributed by atoms with E-state index in [0.717, 1.165) is 0 Å². The lowest BCUT2D eigenvalue weighted by molar-refractivity contribution is 0.415. The zero-order chi connectivity index (χ0) is 12.4. The average Bonchev–Trinajstić information content (AvgIpc) is 2.32. The van der Waals surface area contributed by atoms with Crippen molar-refractivity contribution in [1.29, 1.82) is 0 Å². The molecule has 0 atom stereocenters. The van der Waals surface area contributed by atoms with Crippen LogP contribution in [0.3, 0.4) is 0 Å². The molecule has 0 radical (unpaired) electrons. The average molecular weight is 298 g/mol. The van der Waals surface area contributed by atoms with Crippen LogP contribution in [0, 0.1) is 5.82 Å². The Labute approximate surface area is 106 Å². The van der Waals surface area contributed by atoms with Gasteiger partial charge in [-0.2, -0.15) is 0 Å². The Bertz CT molecular complexity index is 562. The molecule has 2 aromatic rings. The van der Waals surface area contributed by atoms with Gasteiger partial charge in [-0.1, -0.05) is 6.07 Å². The van der Waals surface area contributed by atoms with E-state index in [1.54, 1.807) is 18.2 Å². The van der Waals surface area contributed by atoms with E-state index in [9.17, 15) is 4.39 Å². The number of nitrogens with two attached hydrogens (primary N) is 1. The minimum absolute atomic E-state index is 0.178. The molecule has 0 fully saturated rings. The Balaban J connectivity index is 2.68. The highest BCUT2D eigenvalue weighted by molar-refractivity contribution is 9.10. The summed E-state index contributed by atoms with van der Waals surface area (Å²) < 4.78 is 19.4. The largest absolute Gasteiger partial charge is 0.491 e. The van der Waals surface area contributed by atoms with Crippen molar-refractivity contribution in [1.82, 2.24) is 9.97 Å². The summed E-state index contributed by atoms with van der Waals surface area (Å²) in [5, 5.41) is 0. The lowest BCUT2D eigenvalue weighted by Gasteiger charge is -2.10. The van der Waals surface area contributed by atoms with Gasteiger partial charge in [0.2, 0.25) is 0 Å². The summed E-state index contributed by atoms with van der Waals surface area (Å²) in [5.74, 6) is 0.0327. The first kappa shape index (κ1) is 11.8.